The molecule has 1 aromatic heterocycles. The number of tetrazole rings is 1. The van der Waals surface area contributed by atoms with Crippen molar-refractivity contribution >= 4 is 0 Å². The average Bonchev–Trinajstić information content (AvgIpc) is 2.85. The Morgan fingerprint density at radius 3 is 3.11 bits per heavy atom. The minimum Gasteiger partial charge on any atom is -0.376 e. The molecule has 102 valence electrons. The molecule has 1 saturated heterocycles. The van der Waals surface area contributed by atoms with Crippen molar-refractivity contribution in [1.29, 1.82) is 0 Å². The highest BCUT2D eigenvalue weighted by molar-refractivity contribution is 4.90. The fourth-order valence-electron chi connectivity index (χ4n) is 1.94. The summed E-state index contributed by atoms with van der Waals surface area (Å²) < 4.78 is 12.8. The van der Waals surface area contributed by atoms with Crippen molar-refractivity contribution in [3.63, 3.8) is 0 Å². The molecule has 18 heavy (non-hydrogen) atoms. The van der Waals surface area contributed by atoms with E-state index in [9.17, 15) is 0 Å². The summed E-state index contributed by atoms with van der Waals surface area (Å²) in [5.41, 5.74) is 0. The molecule has 1 fully saturated rings. The molecule has 0 radical (unpaired) electrons. The second-order valence-electron chi connectivity index (χ2n) is 4.46. The molecule has 0 bridgehead atoms. The molecule has 0 aliphatic carbocycles. The van der Waals surface area contributed by atoms with Gasteiger partial charge in [-0.15, -0.1) is 5.10 Å². The van der Waals surface area contributed by atoms with Crippen molar-refractivity contribution in [3.05, 3.63) is 5.82 Å². The molecule has 0 spiro atoms. The molecule has 2 heterocycles. The van der Waals surface area contributed by atoms with Crippen LogP contribution in [0.1, 0.15) is 32.1 Å². The van der Waals surface area contributed by atoms with E-state index in [1.165, 1.54) is 0 Å². The minimum atomic E-state index is 0.0411. The normalized spacial score (nSPS) is 22.0. The Morgan fingerprint density at radius 1 is 1.50 bits per heavy atom. The topological polar surface area (TPSA) is 74.1 Å². The zero-order valence-corrected chi connectivity index (χ0v) is 11.0. The van der Waals surface area contributed by atoms with Crippen LogP contribution in [0, 0.1) is 0 Å². The number of rotatable bonds is 6. The van der Waals surface area contributed by atoms with Crippen LogP contribution in [0.5, 0.6) is 0 Å². The van der Waals surface area contributed by atoms with E-state index in [0.717, 1.165) is 18.8 Å². The highest BCUT2D eigenvalue weighted by Crippen LogP contribution is 2.10. The quantitative estimate of drug-likeness (QED) is 0.780. The van der Waals surface area contributed by atoms with Gasteiger partial charge in [-0.05, 0) is 30.3 Å². The highest BCUT2D eigenvalue weighted by atomic mass is 16.6. The van der Waals surface area contributed by atoms with Gasteiger partial charge in [0.25, 0.3) is 0 Å². The summed E-state index contributed by atoms with van der Waals surface area (Å²) in [6.07, 6.45) is 1.13. The highest BCUT2D eigenvalue weighted by Gasteiger charge is 2.20. The first-order valence-electron chi connectivity index (χ1n) is 6.50. The molecule has 2 unspecified atom stereocenters. The van der Waals surface area contributed by atoms with E-state index in [-0.39, 0.29) is 12.1 Å². The molecule has 2 atom stereocenters. The van der Waals surface area contributed by atoms with E-state index in [1.807, 2.05) is 0 Å². The van der Waals surface area contributed by atoms with E-state index in [4.69, 9.17) is 9.47 Å². The van der Waals surface area contributed by atoms with E-state index in [2.05, 4.69) is 34.7 Å². The number of nitrogens with one attached hydrogen (secondary N) is 1. The van der Waals surface area contributed by atoms with Crippen LogP contribution < -0.4 is 5.32 Å². The van der Waals surface area contributed by atoms with Crippen LogP contribution in [0.15, 0.2) is 0 Å². The van der Waals surface area contributed by atoms with Crippen LogP contribution in [0.2, 0.25) is 0 Å². The third-order valence-electron chi connectivity index (χ3n) is 2.91. The van der Waals surface area contributed by atoms with E-state index in [0.29, 0.717) is 26.4 Å². The predicted molar refractivity (Wildman–Crippen MR) is 65.1 cm³/mol. The molecule has 1 aromatic rings. The number of aromatic nitrogens is 4. The SMILES string of the molecule is CCCNC(C)c1nnnn1CC1COCCO1. The Morgan fingerprint density at radius 2 is 2.39 bits per heavy atom. The lowest BCUT2D eigenvalue weighted by atomic mass is 10.3. The van der Waals surface area contributed by atoms with Gasteiger partial charge in [-0.2, -0.15) is 0 Å². The molecule has 1 aliphatic heterocycles. The van der Waals surface area contributed by atoms with Crippen molar-refractivity contribution in [2.75, 3.05) is 26.4 Å². The fraction of sp³-hybridized carbons (Fsp3) is 0.909. The Hall–Kier alpha value is -1.05. The van der Waals surface area contributed by atoms with Gasteiger partial charge in [0, 0.05) is 0 Å². The summed E-state index contributed by atoms with van der Waals surface area (Å²) in [6.45, 7) is 7.72. The van der Waals surface area contributed by atoms with Crippen molar-refractivity contribution in [1.82, 2.24) is 25.5 Å². The maximum atomic E-state index is 5.61. The summed E-state index contributed by atoms with van der Waals surface area (Å²) in [5.74, 6) is 0.845. The van der Waals surface area contributed by atoms with Crippen molar-refractivity contribution in [3.8, 4) is 0 Å². The van der Waals surface area contributed by atoms with Crippen LogP contribution in [0.3, 0.4) is 0 Å². The van der Waals surface area contributed by atoms with Crippen LogP contribution in [0.4, 0.5) is 0 Å². The lowest BCUT2D eigenvalue weighted by Crippen LogP contribution is -2.34. The van der Waals surface area contributed by atoms with E-state index in [1.54, 1.807) is 4.68 Å². The van der Waals surface area contributed by atoms with Gasteiger partial charge in [-0.25, -0.2) is 4.68 Å². The Labute approximate surface area is 107 Å². The lowest BCUT2D eigenvalue weighted by Gasteiger charge is -2.23. The second kappa shape index (κ2) is 6.77. The van der Waals surface area contributed by atoms with Gasteiger partial charge in [0.2, 0.25) is 0 Å². The smallest absolute Gasteiger partial charge is 0.168 e. The average molecular weight is 255 g/mol. The predicted octanol–water partition coefficient (Wildman–Crippen LogP) is 0.149. The maximum absolute atomic E-state index is 5.61. The van der Waals surface area contributed by atoms with Crippen LogP contribution in [-0.4, -0.2) is 52.7 Å². The zero-order chi connectivity index (χ0) is 12.8. The lowest BCUT2D eigenvalue weighted by molar-refractivity contribution is -0.0951. The monoisotopic (exact) mass is 255 g/mol. The zero-order valence-electron chi connectivity index (χ0n) is 11.0. The molecule has 2 rings (SSSR count). The maximum Gasteiger partial charge on any atom is 0.168 e. The Bertz CT molecular complexity index is 351. The standard InChI is InChI=1S/C11H21N5O2/c1-3-4-12-9(2)11-13-14-15-16(11)7-10-8-17-5-6-18-10/h9-10,12H,3-8H2,1-2H3. The number of nitrogens with zero attached hydrogens (tertiary/aromatic N) is 4. The first kappa shape index (κ1) is 13.4. The van der Waals surface area contributed by atoms with E-state index >= 15 is 0 Å². The Balaban J connectivity index is 1.93. The van der Waals surface area contributed by atoms with Crippen molar-refractivity contribution < 1.29 is 9.47 Å². The summed E-state index contributed by atoms with van der Waals surface area (Å²) in [4.78, 5) is 0. The molecule has 7 heteroatoms. The summed E-state index contributed by atoms with van der Waals surface area (Å²) in [7, 11) is 0. The summed E-state index contributed by atoms with van der Waals surface area (Å²) in [6, 6.07) is 0.143. The third-order valence-corrected chi connectivity index (χ3v) is 2.91. The first-order valence-corrected chi connectivity index (χ1v) is 6.50. The molecule has 0 saturated carbocycles. The number of ether oxygens (including phenoxy) is 2. The van der Waals surface area contributed by atoms with Gasteiger partial charge in [-0.3, -0.25) is 0 Å². The van der Waals surface area contributed by atoms with Gasteiger partial charge in [0.15, 0.2) is 5.82 Å². The van der Waals surface area contributed by atoms with Crippen LogP contribution in [0.25, 0.3) is 0 Å². The largest absolute Gasteiger partial charge is 0.376 e. The molecule has 0 amide bonds. The molecular weight excluding hydrogens is 234 g/mol. The van der Waals surface area contributed by atoms with Gasteiger partial charge < -0.3 is 14.8 Å². The van der Waals surface area contributed by atoms with Crippen LogP contribution in [-0.2, 0) is 16.0 Å². The molecule has 0 aromatic carbocycles. The Kier molecular flexibility index (Phi) is 5.03. The minimum absolute atomic E-state index is 0.0411. The molecule has 1 N–H and O–H groups in total. The second-order valence-corrected chi connectivity index (χ2v) is 4.46. The van der Waals surface area contributed by atoms with Crippen molar-refractivity contribution in [2.24, 2.45) is 0 Å². The number of hydrogen-bond donors (Lipinski definition) is 1. The molecular formula is C11H21N5O2. The number of hydrogen-bond acceptors (Lipinski definition) is 6. The first-order chi connectivity index (χ1) is 8.81. The molecule has 1 aliphatic rings. The van der Waals surface area contributed by atoms with E-state index < -0.39 is 0 Å². The fourth-order valence-corrected chi connectivity index (χ4v) is 1.94. The summed E-state index contributed by atoms with van der Waals surface area (Å²) >= 11 is 0. The van der Waals surface area contributed by atoms with Gasteiger partial charge in [-0.1, -0.05) is 6.92 Å². The van der Waals surface area contributed by atoms with Crippen LogP contribution >= 0.6 is 0 Å². The molecule has 7 nitrogen and oxygen atoms in total. The van der Waals surface area contributed by atoms with Crippen molar-refractivity contribution in [2.45, 2.75) is 39.0 Å². The van der Waals surface area contributed by atoms with Gasteiger partial charge >= 0.3 is 0 Å². The van der Waals surface area contributed by atoms with Gasteiger partial charge in [0.1, 0.15) is 6.10 Å². The van der Waals surface area contributed by atoms with Gasteiger partial charge in [0.05, 0.1) is 32.4 Å². The third kappa shape index (κ3) is 3.47. The summed E-state index contributed by atoms with van der Waals surface area (Å²) in [5, 5.41) is 15.2.